The third-order valence-electron chi connectivity index (χ3n) is 7.58. The van der Waals surface area contributed by atoms with E-state index in [2.05, 4.69) is 96.4 Å². The summed E-state index contributed by atoms with van der Waals surface area (Å²) in [7, 11) is 0. The predicted molar refractivity (Wildman–Crippen MR) is 134 cm³/mol. The summed E-state index contributed by atoms with van der Waals surface area (Å²) in [5, 5.41) is 14.0. The van der Waals surface area contributed by atoms with Gasteiger partial charge in [-0.05, 0) is 84.7 Å². The highest BCUT2D eigenvalue weighted by molar-refractivity contribution is 5.83. The Morgan fingerprint density at radius 2 is 1.88 bits per heavy atom. The van der Waals surface area contributed by atoms with Crippen molar-refractivity contribution >= 4 is 10.9 Å². The van der Waals surface area contributed by atoms with Gasteiger partial charge in [-0.1, -0.05) is 43.3 Å². The van der Waals surface area contributed by atoms with Crippen LogP contribution in [0, 0.1) is 13.8 Å². The van der Waals surface area contributed by atoms with Crippen molar-refractivity contribution in [2.24, 2.45) is 0 Å². The van der Waals surface area contributed by atoms with Crippen molar-refractivity contribution in [1.29, 1.82) is 0 Å². The number of pyridine rings is 1. The standard InChI is InChI=1S/C27H32N6O/c1-6-27(4,5)33-25(29-30-31-33)24(32-14-13-19-9-7-8-10-21(19)16-32)22-15-20-12-11-17(2)18(3)23(20)28-26(22)34/h7-12,15,24H,6,13-14,16H2,1-5H3,(H,28,34)/t24-/m1/s1. The van der Waals surface area contributed by atoms with Crippen LogP contribution in [0.2, 0.25) is 0 Å². The maximum atomic E-state index is 13.6. The third kappa shape index (κ3) is 3.74. The molecule has 2 aromatic carbocycles. The van der Waals surface area contributed by atoms with Gasteiger partial charge in [0.05, 0.1) is 11.1 Å². The molecule has 1 aliphatic heterocycles. The normalized spacial score (nSPS) is 15.4. The number of tetrazole rings is 1. The molecule has 176 valence electrons. The Morgan fingerprint density at radius 3 is 2.65 bits per heavy atom. The van der Waals surface area contributed by atoms with Gasteiger partial charge in [0, 0.05) is 18.7 Å². The van der Waals surface area contributed by atoms with Crippen molar-refractivity contribution in [3.8, 4) is 0 Å². The first-order valence-corrected chi connectivity index (χ1v) is 12.0. The molecule has 0 bridgehead atoms. The molecule has 0 spiro atoms. The summed E-state index contributed by atoms with van der Waals surface area (Å²) in [4.78, 5) is 19.1. The van der Waals surface area contributed by atoms with E-state index >= 15 is 0 Å². The zero-order valence-electron chi connectivity index (χ0n) is 20.6. The van der Waals surface area contributed by atoms with Gasteiger partial charge in [0.15, 0.2) is 5.82 Å². The predicted octanol–water partition coefficient (Wildman–Crippen LogP) is 4.42. The zero-order valence-corrected chi connectivity index (χ0v) is 20.6. The van der Waals surface area contributed by atoms with Crippen molar-refractivity contribution in [3.63, 3.8) is 0 Å². The summed E-state index contributed by atoms with van der Waals surface area (Å²) in [6.07, 6.45) is 1.79. The molecule has 3 heterocycles. The number of aromatic amines is 1. The molecule has 0 saturated carbocycles. The minimum absolute atomic E-state index is 0.0890. The average molecular weight is 457 g/mol. The Morgan fingerprint density at radius 1 is 1.12 bits per heavy atom. The second-order valence-electron chi connectivity index (χ2n) is 10.0. The van der Waals surface area contributed by atoms with Gasteiger partial charge >= 0.3 is 0 Å². The molecule has 0 saturated heterocycles. The van der Waals surface area contributed by atoms with Crippen LogP contribution in [0.1, 0.15) is 66.9 Å². The molecule has 1 N–H and O–H groups in total. The molecule has 5 rings (SSSR count). The van der Waals surface area contributed by atoms with Crippen LogP contribution in [-0.2, 0) is 18.5 Å². The van der Waals surface area contributed by atoms with Crippen LogP contribution in [0.4, 0.5) is 0 Å². The number of nitrogens with zero attached hydrogens (tertiary/aromatic N) is 5. The maximum absolute atomic E-state index is 13.6. The Kier molecular flexibility index (Phi) is 5.60. The number of aryl methyl sites for hydroxylation is 2. The molecule has 0 unspecified atom stereocenters. The Labute approximate surface area is 199 Å². The summed E-state index contributed by atoms with van der Waals surface area (Å²) in [6.45, 7) is 12.1. The summed E-state index contributed by atoms with van der Waals surface area (Å²) in [5.74, 6) is 0.708. The Bertz CT molecular complexity index is 1420. The number of rotatable bonds is 5. The monoisotopic (exact) mass is 456 g/mol. The first-order chi connectivity index (χ1) is 16.3. The van der Waals surface area contributed by atoms with Gasteiger partial charge in [-0.3, -0.25) is 9.69 Å². The van der Waals surface area contributed by atoms with Crippen molar-refractivity contribution in [1.82, 2.24) is 30.1 Å². The fourth-order valence-electron chi connectivity index (χ4n) is 4.93. The number of fused-ring (bicyclic) bond motifs is 2. The molecule has 1 atom stereocenters. The highest BCUT2D eigenvalue weighted by atomic mass is 16.1. The van der Waals surface area contributed by atoms with Crippen LogP contribution < -0.4 is 5.56 Å². The summed E-state index contributed by atoms with van der Waals surface area (Å²) < 4.78 is 1.90. The lowest BCUT2D eigenvalue weighted by Gasteiger charge is -2.36. The summed E-state index contributed by atoms with van der Waals surface area (Å²) >= 11 is 0. The Balaban J connectivity index is 1.71. The number of benzene rings is 2. The van der Waals surface area contributed by atoms with Gasteiger partial charge in [-0.25, -0.2) is 4.68 Å². The second-order valence-corrected chi connectivity index (χ2v) is 10.0. The van der Waals surface area contributed by atoms with Crippen molar-refractivity contribution < 1.29 is 0 Å². The molecule has 0 aliphatic carbocycles. The van der Waals surface area contributed by atoms with Crippen LogP contribution in [0.5, 0.6) is 0 Å². The van der Waals surface area contributed by atoms with Gasteiger partial charge in [0.2, 0.25) is 0 Å². The molecular weight excluding hydrogens is 424 g/mol. The van der Waals surface area contributed by atoms with Gasteiger partial charge in [-0.15, -0.1) is 5.10 Å². The summed E-state index contributed by atoms with van der Waals surface area (Å²) in [6, 6.07) is 14.4. The topological polar surface area (TPSA) is 79.7 Å². The molecule has 2 aromatic heterocycles. The molecule has 1 aliphatic rings. The van der Waals surface area contributed by atoms with E-state index in [0.29, 0.717) is 11.4 Å². The van der Waals surface area contributed by atoms with Crippen molar-refractivity contribution in [2.75, 3.05) is 6.54 Å². The number of H-pyrrole nitrogens is 1. The van der Waals surface area contributed by atoms with E-state index in [1.54, 1.807) is 0 Å². The zero-order chi connectivity index (χ0) is 24.0. The minimum Gasteiger partial charge on any atom is -0.321 e. The highest BCUT2D eigenvalue weighted by Gasteiger charge is 2.35. The Hall–Kier alpha value is -3.32. The van der Waals surface area contributed by atoms with Crippen LogP contribution >= 0.6 is 0 Å². The quantitative estimate of drug-likeness (QED) is 0.481. The smallest absolute Gasteiger partial charge is 0.253 e. The molecule has 0 radical (unpaired) electrons. The van der Waals surface area contributed by atoms with Crippen LogP contribution in [0.25, 0.3) is 10.9 Å². The number of nitrogens with one attached hydrogen (secondary N) is 1. The van der Waals surface area contributed by atoms with E-state index in [-0.39, 0.29) is 17.1 Å². The van der Waals surface area contributed by atoms with E-state index in [4.69, 9.17) is 0 Å². The maximum Gasteiger partial charge on any atom is 0.253 e. The lowest BCUT2D eigenvalue weighted by Crippen LogP contribution is -2.40. The average Bonchev–Trinajstić information content (AvgIpc) is 3.33. The first-order valence-electron chi connectivity index (χ1n) is 12.0. The number of hydrogen-bond acceptors (Lipinski definition) is 5. The first kappa shape index (κ1) is 22.5. The lowest BCUT2D eigenvalue weighted by molar-refractivity contribution is 0.181. The molecule has 7 heteroatoms. The minimum atomic E-state index is -0.357. The molecular formula is C27H32N6O. The van der Waals surface area contributed by atoms with E-state index < -0.39 is 0 Å². The largest absolute Gasteiger partial charge is 0.321 e. The lowest BCUT2D eigenvalue weighted by atomic mass is 9.94. The van der Waals surface area contributed by atoms with Crippen LogP contribution in [0.3, 0.4) is 0 Å². The fraction of sp³-hybridized carbons (Fsp3) is 0.407. The van der Waals surface area contributed by atoms with Gasteiger partial charge < -0.3 is 4.98 Å². The SMILES string of the molecule is CCC(C)(C)n1nnnc1[C@@H](c1cc2ccc(C)c(C)c2[nH]c1=O)N1CCc2ccccc2C1. The van der Waals surface area contributed by atoms with Gasteiger partial charge in [0.1, 0.15) is 6.04 Å². The molecule has 34 heavy (non-hydrogen) atoms. The fourth-order valence-corrected chi connectivity index (χ4v) is 4.93. The van der Waals surface area contributed by atoms with Gasteiger partial charge in [-0.2, -0.15) is 0 Å². The highest BCUT2D eigenvalue weighted by Crippen LogP contribution is 2.34. The van der Waals surface area contributed by atoms with E-state index in [9.17, 15) is 4.79 Å². The number of hydrogen-bond donors (Lipinski definition) is 1. The molecule has 4 aromatic rings. The van der Waals surface area contributed by atoms with Gasteiger partial charge in [0.25, 0.3) is 5.56 Å². The third-order valence-corrected chi connectivity index (χ3v) is 7.58. The molecule has 0 amide bonds. The second kappa shape index (κ2) is 8.47. The molecule has 0 fully saturated rings. The van der Waals surface area contributed by atoms with Crippen molar-refractivity contribution in [3.05, 3.63) is 86.5 Å². The van der Waals surface area contributed by atoms with Crippen LogP contribution in [-0.4, -0.2) is 36.6 Å². The van der Waals surface area contributed by atoms with Crippen molar-refractivity contribution in [2.45, 2.75) is 65.6 Å². The van der Waals surface area contributed by atoms with Crippen LogP contribution in [0.15, 0.2) is 47.3 Å². The van der Waals surface area contributed by atoms with E-state index in [1.807, 2.05) is 10.7 Å². The summed E-state index contributed by atoms with van der Waals surface area (Å²) in [5.41, 5.74) is 6.12. The van der Waals surface area contributed by atoms with E-state index in [0.717, 1.165) is 48.0 Å². The van der Waals surface area contributed by atoms with E-state index in [1.165, 1.54) is 11.1 Å². The molecule has 7 nitrogen and oxygen atoms in total. The number of aromatic nitrogens is 5.